The van der Waals surface area contributed by atoms with E-state index in [1.54, 1.807) is 12.1 Å². The van der Waals surface area contributed by atoms with Gasteiger partial charge in [-0.2, -0.15) is 0 Å². The van der Waals surface area contributed by atoms with Crippen LogP contribution in [0.5, 0.6) is 5.75 Å². The van der Waals surface area contributed by atoms with E-state index in [-0.39, 0.29) is 18.2 Å². The molecule has 0 aliphatic rings. The molecule has 4 rings (SSSR count). The second-order valence-corrected chi connectivity index (χ2v) is 6.10. The van der Waals surface area contributed by atoms with Gasteiger partial charge in [0, 0.05) is 12.1 Å². The van der Waals surface area contributed by atoms with E-state index in [9.17, 15) is 10.1 Å². The number of nitrogens with zero attached hydrogens (tertiary/aromatic N) is 2. The number of hydrogen-bond donors (Lipinski definition) is 0. The second kappa shape index (κ2) is 7.36. The Morgan fingerprint density at radius 3 is 2.64 bits per heavy atom. The largest absolute Gasteiger partial charge is 0.489 e. The first kappa shape index (κ1) is 17.5. The Kier molecular flexibility index (Phi) is 4.60. The molecule has 0 atom stereocenters. The number of non-ortho nitro benzene ring substituents is 1. The smallest absolute Gasteiger partial charge is 0.270 e. The topological polar surface area (TPSA) is 78.4 Å². The molecule has 0 bridgehead atoms. The average molecular weight is 372 g/mol. The van der Waals surface area contributed by atoms with Crippen LogP contribution in [0.4, 0.5) is 5.69 Å². The lowest BCUT2D eigenvalue weighted by atomic mass is 10.1. The van der Waals surface area contributed by atoms with E-state index >= 15 is 0 Å². The molecule has 0 N–H and O–H groups in total. The summed E-state index contributed by atoms with van der Waals surface area (Å²) in [5, 5.41) is 11.2. The number of nitro groups is 1. The van der Waals surface area contributed by atoms with Crippen LogP contribution in [0, 0.1) is 10.1 Å². The minimum absolute atomic E-state index is 0.0619. The molecule has 0 amide bonds. The van der Waals surface area contributed by atoms with Crippen LogP contribution in [-0.2, 0) is 0 Å². The van der Waals surface area contributed by atoms with Crippen LogP contribution in [0.1, 0.15) is 0 Å². The maximum absolute atomic E-state index is 11.2. The van der Waals surface area contributed by atoms with Gasteiger partial charge in [0.05, 0.1) is 10.5 Å². The molecular weight excluding hydrogens is 356 g/mol. The fourth-order valence-electron chi connectivity index (χ4n) is 2.93. The zero-order chi connectivity index (χ0) is 19.5. The quantitative estimate of drug-likeness (QED) is 0.249. The number of benzene rings is 3. The summed E-state index contributed by atoms with van der Waals surface area (Å²) < 4.78 is 11.5. The molecule has 0 unspecified atom stereocenters. The zero-order valence-electron chi connectivity index (χ0n) is 14.9. The Bertz CT molecular complexity index is 1170. The molecule has 0 saturated heterocycles. The number of nitro benzene ring substituents is 1. The molecule has 1 aromatic heterocycles. The van der Waals surface area contributed by atoms with Gasteiger partial charge >= 0.3 is 0 Å². The van der Waals surface area contributed by atoms with E-state index in [1.165, 1.54) is 12.1 Å². The first-order valence-corrected chi connectivity index (χ1v) is 8.64. The SMILES string of the molecule is C=CCOc1ccc([N+](=O)[O-])cc1-c1nc2cc(-c3ccccc3)ccc2o1. The van der Waals surface area contributed by atoms with Crippen molar-refractivity contribution < 1.29 is 14.1 Å². The molecular formula is C22H16N2O4. The van der Waals surface area contributed by atoms with Gasteiger partial charge in [0.1, 0.15) is 17.9 Å². The zero-order valence-corrected chi connectivity index (χ0v) is 14.9. The molecule has 6 heteroatoms. The van der Waals surface area contributed by atoms with Gasteiger partial charge in [0.2, 0.25) is 5.89 Å². The van der Waals surface area contributed by atoms with Crippen LogP contribution in [0.3, 0.4) is 0 Å². The number of hydrogen-bond acceptors (Lipinski definition) is 5. The predicted octanol–water partition coefficient (Wildman–Crippen LogP) is 5.63. The van der Waals surface area contributed by atoms with Crippen molar-refractivity contribution in [1.82, 2.24) is 4.98 Å². The molecule has 0 radical (unpaired) electrons. The minimum Gasteiger partial charge on any atom is -0.489 e. The van der Waals surface area contributed by atoms with Crippen LogP contribution in [0.2, 0.25) is 0 Å². The highest BCUT2D eigenvalue weighted by Gasteiger charge is 2.18. The molecule has 4 aromatic rings. The second-order valence-electron chi connectivity index (χ2n) is 6.10. The summed E-state index contributed by atoms with van der Waals surface area (Å²) >= 11 is 0. The maximum atomic E-state index is 11.2. The molecule has 0 aliphatic heterocycles. The van der Waals surface area contributed by atoms with Gasteiger partial charge in [-0.25, -0.2) is 4.98 Å². The summed E-state index contributed by atoms with van der Waals surface area (Å²) in [7, 11) is 0. The van der Waals surface area contributed by atoms with Gasteiger partial charge in [0.25, 0.3) is 5.69 Å². The van der Waals surface area contributed by atoms with E-state index in [1.807, 2.05) is 48.5 Å². The lowest BCUT2D eigenvalue weighted by Gasteiger charge is -2.07. The molecule has 28 heavy (non-hydrogen) atoms. The van der Waals surface area contributed by atoms with Gasteiger partial charge in [-0.15, -0.1) is 0 Å². The minimum atomic E-state index is -0.461. The number of rotatable bonds is 6. The lowest BCUT2D eigenvalue weighted by Crippen LogP contribution is -1.97. The summed E-state index contributed by atoms with van der Waals surface area (Å²) in [6.07, 6.45) is 1.60. The third kappa shape index (κ3) is 3.35. The van der Waals surface area contributed by atoms with Gasteiger partial charge in [-0.3, -0.25) is 10.1 Å². The Hall–Kier alpha value is -3.93. The maximum Gasteiger partial charge on any atom is 0.270 e. The van der Waals surface area contributed by atoms with Crippen molar-refractivity contribution in [2.24, 2.45) is 0 Å². The predicted molar refractivity (Wildman–Crippen MR) is 107 cm³/mol. The van der Waals surface area contributed by atoms with Crippen molar-refractivity contribution in [3.63, 3.8) is 0 Å². The Balaban J connectivity index is 1.81. The molecule has 0 aliphatic carbocycles. The number of oxazole rings is 1. The van der Waals surface area contributed by atoms with Crippen molar-refractivity contribution in [3.05, 3.63) is 89.5 Å². The third-order valence-electron chi connectivity index (χ3n) is 4.26. The highest BCUT2D eigenvalue weighted by Crippen LogP contribution is 2.35. The van der Waals surface area contributed by atoms with Crippen molar-refractivity contribution in [3.8, 4) is 28.3 Å². The molecule has 3 aromatic carbocycles. The molecule has 6 nitrogen and oxygen atoms in total. The molecule has 138 valence electrons. The van der Waals surface area contributed by atoms with E-state index < -0.39 is 4.92 Å². The van der Waals surface area contributed by atoms with Gasteiger partial charge in [-0.05, 0) is 29.3 Å². The Morgan fingerprint density at radius 1 is 1.07 bits per heavy atom. The standard InChI is InChI=1S/C22H16N2O4/c1-2-12-27-20-11-9-17(24(25)26)14-18(20)22-23-19-13-16(8-10-21(19)28-22)15-6-4-3-5-7-15/h2-11,13-14H,1,12H2. The fourth-order valence-corrected chi connectivity index (χ4v) is 2.93. The number of fused-ring (bicyclic) bond motifs is 1. The van der Waals surface area contributed by atoms with Crippen LogP contribution in [0.25, 0.3) is 33.7 Å². The Labute approximate surface area is 160 Å². The van der Waals surface area contributed by atoms with Crippen molar-refractivity contribution in [2.45, 2.75) is 0 Å². The van der Waals surface area contributed by atoms with E-state index in [4.69, 9.17) is 9.15 Å². The average Bonchev–Trinajstić information content (AvgIpc) is 3.16. The van der Waals surface area contributed by atoms with Crippen LogP contribution in [0.15, 0.2) is 83.8 Å². The molecule has 0 saturated carbocycles. The summed E-state index contributed by atoms with van der Waals surface area (Å²) in [4.78, 5) is 15.3. The van der Waals surface area contributed by atoms with Crippen molar-refractivity contribution in [1.29, 1.82) is 0 Å². The first-order chi connectivity index (χ1) is 13.7. The van der Waals surface area contributed by atoms with Gasteiger partial charge in [0.15, 0.2) is 5.58 Å². The van der Waals surface area contributed by atoms with E-state index in [0.29, 0.717) is 22.4 Å². The summed E-state index contributed by atoms with van der Waals surface area (Å²) in [5.41, 5.74) is 3.70. The first-order valence-electron chi connectivity index (χ1n) is 8.64. The van der Waals surface area contributed by atoms with Crippen molar-refractivity contribution in [2.75, 3.05) is 6.61 Å². The molecule has 0 fully saturated rings. The van der Waals surface area contributed by atoms with Gasteiger partial charge in [-0.1, -0.05) is 49.1 Å². The van der Waals surface area contributed by atoms with E-state index in [2.05, 4.69) is 11.6 Å². The number of aromatic nitrogens is 1. The lowest BCUT2D eigenvalue weighted by molar-refractivity contribution is -0.384. The van der Waals surface area contributed by atoms with Crippen molar-refractivity contribution >= 4 is 16.8 Å². The Morgan fingerprint density at radius 2 is 1.89 bits per heavy atom. The molecule has 0 spiro atoms. The fraction of sp³-hybridized carbons (Fsp3) is 0.0455. The van der Waals surface area contributed by atoms with E-state index in [0.717, 1.165) is 11.1 Å². The summed E-state index contributed by atoms with van der Waals surface area (Å²) in [6, 6.07) is 20.0. The normalized spacial score (nSPS) is 10.7. The van der Waals surface area contributed by atoms with Crippen LogP contribution in [-0.4, -0.2) is 16.5 Å². The summed E-state index contributed by atoms with van der Waals surface area (Å²) in [6.45, 7) is 3.89. The highest BCUT2D eigenvalue weighted by molar-refractivity contribution is 5.83. The molecule has 1 heterocycles. The third-order valence-corrected chi connectivity index (χ3v) is 4.26. The van der Waals surface area contributed by atoms with Crippen LogP contribution >= 0.6 is 0 Å². The highest BCUT2D eigenvalue weighted by atomic mass is 16.6. The number of ether oxygens (including phenoxy) is 1. The van der Waals surface area contributed by atoms with Crippen LogP contribution < -0.4 is 4.74 Å². The summed E-state index contributed by atoms with van der Waals surface area (Å²) in [5.74, 6) is 0.711. The van der Waals surface area contributed by atoms with Gasteiger partial charge < -0.3 is 9.15 Å². The monoisotopic (exact) mass is 372 g/mol.